The van der Waals surface area contributed by atoms with Gasteiger partial charge in [0, 0.05) is 28.5 Å². The molecule has 18 heavy (non-hydrogen) atoms. The number of thiophene rings is 1. The van der Waals surface area contributed by atoms with Crippen LogP contribution in [0.25, 0.3) is 0 Å². The molecule has 0 saturated heterocycles. The maximum Gasteiger partial charge on any atom is 0.0597 e. The van der Waals surface area contributed by atoms with E-state index in [1.54, 1.807) is 11.3 Å². The average molecular weight is 346 g/mol. The number of rotatable bonds is 4. The van der Waals surface area contributed by atoms with Crippen LogP contribution in [0.3, 0.4) is 0 Å². The Morgan fingerprint density at radius 3 is 2.72 bits per heavy atom. The highest BCUT2D eigenvalue weighted by molar-refractivity contribution is 9.10. The number of anilines is 2. The van der Waals surface area contributed by atoms with Crippen LogP contribution < -0.4 is 10.2 Å². The van der Waals surface area contributed by atoms with Crippen molar-refractivity contribution < 1.29 is 0 Å². The Hall–Kier alpha value is -0.710. The zero-order valence-corrected chi connectivity index (χ0v) is 13.4. The summed E-state index contributed by atoms with van der Waals surface area (Å²) in [5.74, 6) is 0. The van der Waals surface area contributed by atoms with Crippen LogP contribution in [-0.2, 0) is 6.54 Å². The number of hydrogen-bond donors (Lipinski definition) is 1. The molecule has 1 heterocycles. The number of nitrogens with zero attached hydrogens (tertiary/aromatic N) is 1. The second-order valence-corrected chi connectivity index (χ2v) is 6.39. The van der Waals surface area contributed by atoms with Gasteiger partial charge in [-0.1, -0.05) is 11.6 Å². The second-order valence-electron chi connectivity index (χ2n) is 4.10. The van der Waals surface area contributed by atoms with Crippen molar-refractivity contribution in [2.45, 2.75) is 6.54 Å². The SMILES string of the molecule is CN(C)c1ccc(Cl)cc1NCc1sccc1Br. The van der Waals surface area contributed by atoms with E-state index in [0.717, 1.165) is 27.4 Å². The van der Waals surface area contributed by atoms with Crippen molar-refractivity contribution in [3.8, 4) is 0 Å². The fourth-order valence-electron chi connectivity index (χ4n) is 1.67. The molecular formula is C13H14BrClN2S. The van der Waals surface area contributed by atoms with Gasteiger partial charge in [-0.2, -0.15) is 0 Å². The van der Waals surface area contributed by atoms with Crippen LogP contribution in [0.1, 0.15) is 4.88 Å². The maximum atomic E-state index is 6.05. The summed E-state index contributed by atoms with van der Waals surface area (Å²) in [5, 5.41) is 6.25. The molecule has 2 nitrogen and oxygen atoms in total. The van der Waals surface area contributed by atoms with Gasteiger partial charge in [0.05, 0.1) is 17.9 Å². The van der Waals surface area contributed by atoms with Gasteiger partial charge >= 0.3 is 0 Å². The molecule has 0 saturated carbocycles. The Balaban J connectivity index is 2.18. The van der Waals surface area contributed by atoms with E-state index in [1.807, 2.05) is 32.3 Å². The minimum absolute atomic E-state index is 0.744. The summed E-state index contributed by atoms with van der Waals surface area (Å²) in [5.41, 5.74) is 2.18. The van der Waals surface area contributed by atoms with Crippen molar-refractivity contribution in [2.24, 2.45) is 0 Å². The zero-order chi connectivity index (χ0) is 13.1. The van der Waals surface area contributed by atoms with Crippen LogP contribution >= 0.6 is 38.9 Å². The fraction of sp³-hybridized carbons (Fsp3) is 0.231. The molecule has 0 fully saturated rings. The van der Waals surface area contributed by atoms with Crippen LogP contribution in [-0.4, -0.2) is 14.1 Å². The molecule has 1 aromatic heterocycles. The van der Waals surface area contributed by atoms with E-state index in [4.69, 9.17) is 11.6 Å². The molecule has 96 valence electrons. The average Bonchev–Trinajstić information content (AvgIpc) is 2.72. The van der Waals surface area contributed by atoms with Gasteiger partial charge in [-0.15, -0.1) is 11.3 Å². The van der Waals surface area contributed by atoms with Crippen LogP contribution in [0.15, 0.2) is 34.1 Å². The van der Waals surface area contributed by atoms with E-state index in [9.17, 15) is 0 Å². The summed E-state index contributed by atoms with van der Waals surface area (Å²) >= 11 is 11.3. The lowest BCUT2D eigenvalue weighted by molar-refractivity contribution is 1.11. The van der Waals surface area contributed by atoms with Crippen molar-refractivity contribution in [3.63, 3.8) is 0 Å². The number of halogens is 2. The Morgan fingerprint density at radius 2 is 2.11 bits per heavy atom. The lowest BCUT2D eigenvalue weighted by atomic mass is 10.2. The standard InChI is InChI=1S/C13H14BrClN2S/c1-17(2)12-4-3-9(15)7-11(12)16-8-13-10(14)5-6-18-13/h3-7,16H,8H2,1-2H3. The molecule has 0 aliphatic rings. The Labute approximate surface area is 125 Å². The van der Waals surface area contributed by atoms with Crippen molar-refractivity contribution in [3.05, 3.63) is 44.0 Å². The first-order valence-electron chi connectivity index (χ1n) is 5.50. The topological polar surface area (TPSA) is 15.3 Å². The minimum atomic E-state index is 0.744. The molecule has 0 radical (unpaired) electrons. The van der Waals surface area contributed by atoms with Crippen LogP contribution in [0, 0.1) is 0 Å². The Bertz CT molecular complexity index is 540. The lowest BCUT2D eigenvalue weighted by Crippen LogP contribution is -2.12. The molecule has 2 rings (SSSR count). The van der Waals surface area contributed by atoms with E-state index in [0.29, 0.717) is 0 Å². The zero-order valence-electron chi connectivity index (χ0n) is 10.2. The van der Waals surface area contributed by atoms with Crippen molar-refractivity contribution >= 4 is 50.2 Å². The summed E-state index contributed by atoms with van der Waals surface area (Å²) < 4.78 is 1.15. The van der Waals surface area contributed by atoms with Crippen molar-refractivity contribution in [2.75, 3.05) is 24.3 Å². The van der Waals surface area contributed by atoms with Gasteiger partial charge in [0.15, 0.2) is 0 Å². The first-order valence-corrected chi connectivity index (χ1v) is 7.55. The Morgan fingerprint density at radius 1 is 1.33 bits per heavy atom. The second kappa shape index (κ2) is 5.95. The van der Waals surface area contributed by atoms with E-state index in [-0.39, 0.29) is 0 Å². The third kappa shape index (κ3) is 3.19. The number of hydrogen-bond acceptors (Lipinski definition) is 3. The van der Waals surface area contributed by atoms with Crippen LogP contribution in [0.5, 0.6) is 0 Å². The van der Waals surface area contributed by atoms with E-state index < -0.39 is 0 Å². The summed E-state index contributed by atoms with van der Waals surface area (Å²) in [7, 11) is 4.05. The van der Waals surface area contributed by atoms with Gasteiger partial charge in [-0.05, 0) is 45.6 Å². The highest BCUT2D eigenvalue weighted by atomic mass is 79.9. The summed E-state index contributed by atoms with van der Waals surface area (Å²) in [6.07, 6.45) is 0. The molecule has 0 aliphatic heterocycles. The van der Waals surface area contributed by atoms with E-state index >= 15 is 0 Å². The maximum absolute atomic E-state index is 6.05. The third-order valence-electron chi connectivity index (χ3n) is 2.57. The van der Waals surface area contributed by atoms with Gasteiger partial charge in [0.25, 0.3) is 0 Å². The summed E-state index contributed by atoms with van der Waals surface area (Å²) in [6, 6.07) is 7.95. The first-order chi connectivity index (χ1) is 8.58. The first kappa shape index (κ1) is 13.7. The van der Waals surface area contributed by atoms with Crippen LogP contribution in [0.2, 0.25) is 5.02 Å². The summed E-state index contributed by atoms with van der Waals surface area (Å²) in [6.45, 7) is 0.791. The normalized spacial score (nSPS) is 10.4. The fourth-order valence-corrected chi connectivity index (χ4v) is 3.27. The monoisotopic (exact) mass is 344 g/mol. The predicted octanol–water partition coefficient (Wildman–Crippen LogP) is 4.84. The molecule has 0 amide bonds. The molecule has 0 spiro atoms. The molecule has 0 bridgehead atoms. The predicted molar refractivity (Wildman–Crippen MR) is 85.1 cm³/mol. The molecule has 1 N–H and O–H groups in total. The van der Waals surface area contributed by atoms with Crippen molar-refractivity contribution in [1.82, 2.24) is 0 Å². The lowest BCUT2D eigenvalue weighted by Gasteiger charge is -2.18. The molecule has 5 heteroatoms. The van der Waals surface area contributed by atoms with E-state index in [2.05, 4.69) is 37.6 Å². The quantitative estimate of drug-likeness (QED) is 0.852. The number of nitrogens with one attached hydrogen (secondary N) is 1. The minimum Gasteiger partial charge on any atom is -0.378 e. The van der Waals surface area contributed by atoms with E-state index in [1.165, 1.54) is 4.88 Å². The molecular weight excluding hydrogens is 332 g/mol. The molecule has 0 aliphatic carbocycles. The smallest absolute Gasteiger partial charge is 0.0597 e. The van der Waals surface area contributed by atoms with Crippen molar-refractivity contribution in [1.29, 1.82) is 0 Å². The highest BCUT2D eigenvalue weighted by Crippen LogP contribution is 2.30. The third-order valence-corrected chi connectivity index (χ3v) is 4.73. The van der Waals surface area contributed by atoms with Gasteiger partial charge in [0.1, 0.15) is 0 Å². The molecule has 2 aromatic rings. The van der Waals surface area contributed by atoms with Gasteiger partial charge < -0.3 is 10.2 Å². The number of benzene rings is 1. The van der Waals surface area contributed by atoms with Gasteiger partial charge in [-0.25, -0.2) is 0 Å². The summed E-state index contributed by atoms with van der Waals surface area (Å²) in [4.78, 5) is 3.35. The van der Waals surface area contributed by atoms with Gasteiger partial charge in [0.2, 0.25) is 0 Å². The molecule has 1 aromatic carbocycles. The molecule has 0 unspecified atom stereocenters. The Kier molecular flexibility index (Phi) is 4.54. The largest absolute Gasteiger partial charge is 0.378 e. The highest BCUT2D eigenvalue weighted by Gasteiger charge is 2.07. The molecule has 0 atom stereocenters. The van der Waals surface area contributed by atoms with Gasteiger partial charge in [-0.3, -0.25) is 0 Å². The van der Waals surface area contributed by atoms with Crippen LogP contribution in [0.4, 0.5) is 11.4 Å².